The zero-order valence-electron chi connectivity index (χ0n) is 11.1. The van der Waals surface area contributed by atoms with E-state index in [1.54, 1.807) is 11.8 Å². The van der Waals surface area contributed by atoms with Crippen molar-refractivity contribution in [2.24, 2.45) is 0 Å². The third-order valence-corrected chi connectivity index (χ3v) is 4.53. The van der Waals surface area contributed by atoms with Gasteiger partial charge in [-0.15, -0.1) is 11.8 Å². The van der Waals surface area contributed by atoms with Crippen molar-refractivity contribution < 1.29 is 9.59 Å². The minimum atomic E-state index is -0.0700. The summed E-state index contributed by atoms with van der Waals surface area (Å²) in [7, 11) is 0. The minimum absolute atomic E-state index is 0.0700. The van der Waals surface area contributed by atoms with E-state index in [2.05, 4.69) is 5.32 Å². The van der Waals surface area contributed by atoms with Crippen molar-refractivity contribution in [3.05, 3.63) is 24.3 Å². The first-order chi connectivity index (χ1) is 9.15. The van der Waals surface area contributed by atoms with Crippen molar-refractivity contribution in [3.8, 4) is 0 Å². The summed E-state index contributed by atoms with van der Waals surface area (Å²) in [5, 5.41) is 2.84. The van der Waals surface area contributed by atoms with Gasteiger partial charge in [-0.25, -0.2) is 0 Å². The predicted molar refractivity (Wildman–Crippen MR) is 78.5 cm³/mol. The highest BCUT2D eigenvalue weighted by atomic mass is 32.2. The molecule has 2 rings (SSSR count). The molecule has 0 heterocycles. The van der Waals surface area contributed by atoms with E-state index >= 15 is 0 Å². The molecule has 0 aliphatic heterocycles. The van der Waals surface area contributed by atoms with Gasteiger partial charge in [0.25, 0.3) is 0 Å². The first kappa shape index (κ1) is 14.1. The average Bonchev–Trinajstić information content (AvgIpc) is 2.57. The SMILES string of the molecule is CC(=O)Nc1ccc(S[C@@H]2CCCCCC2=O)cc1. The Labute approximate surface area is 118 Å². The molecule has 1 aliphatic carbocycles. The van der Waals surface area contributed by atoms with Crippen LogP contribution in [0.4, 0.5) is 5.69 Å². The number of Topliss-reactive ketones (excluding diaryl/α,β-unsaturated/α-hetero) is 1. The van der Waals surface area contributed by atoms with Crippen LogP contribution in [0, 0.1) is 0 Å². The summed E-state index contributed by atoms with van der Waals surface area (Å²) < 4.78 is 0. The Bertz CT molecular complexity index is 456. The fraction of sp³-hybridized carbons (Fsp3) is 0.467. The number of rotatable bonds is 3. The summed E-state index contributed by atoms with van der Waals surface area (Å²) in [5.41, 5.74) is 0.795. The molecular weight excluding hydrogens is 258 g/mol. The van der Waals surface area contributed by atoms with E-state index in [-0.39, 0.29) is 11.2 Å². The van der Waals surface area contributed by atoms with E-state index in [0.717, 1.165) is 36.3 Å². The molecule has 19 heavy (non-hydrogen) atoms. The van der Waals surface area contributed by atoms with Crippen LogP contribution in [0.15, 0.2) is 29.2 Å². The first-order valence-electron chi connectivity index (χ1n) is 6.72. The number of benzene rings is 1. The Hall–Kier alpha value is -1.29. The van der Waals surface area contributed by atoms with Crippen molar-refractivity contribution in [1.29, 1.82) is 0 Å². The van der Waals surface area contributed by atoms with Gasteiger partial charge in [-0.2, -0.15) is 0 Å². The summed E-state index contributed by atoms with van der Waals surface area (Å²) in [5.74, 6) is 0.313. The number of ketones is 1. The van der Waals surface area contributed by atoms with Crippen LogP contribution in [0.25, 0.3) is 0 Å². The molecule has 1 aliphatic rings. The number of amides is 1. The molecule has 1 aromatic carbocycles. The second-order valence-corrected chi connectivity index (χ2v) is 6.15. The van der Waals surface area contributed by atoms with E-state index in [1.807, 2.05) is 24.3 Å². The van der Waals surface area contributed by atoms with Gasteiger partial charge in [0.15, 0.2) is 0 Å². The van der Waals surface area contributed by atoms with Crippen LogP contribution in [-0.4, -0.2) is 16.9 Å². The quantitative estimate of drug-likeness (QED) is 0.858. The van der Waals surface area contributed by atoms with Gasteiger partial charge in [0.1, 0.15) is 5.78 Å². The summed E-state index contributed by atoms with van der Waals surface area (Å²) in [6.07, 6.45) is 5.06. The molecule has 4 heteroatoms. The molecule has 3 nitrogen and oxygen atoms in total. The molecular formula is C15H19NO2S. The average molecular weight is 277 g/mol. The molecule has 0 saturated heterocycles. The second-order valence-electron chi connectivity index (χ2n) is 4.88. The number of anilines is 1. The van der Waals surface area contributed by atoms with E-state index in [1.165, 1.54) is 13.3 Å². The molecule has 0 spiro atoms. The highest BCUT2D eigenvalue weighted by molar-refractivity contribution is 8.00. The lowest BCUT2D eigenvalue weighted by Crippen LogP contribution is -2.14. The summed E-state index contributed by atoms with van der Waals surface area (Å²) >= 11 is 1.65. The van der Waals surface area contributed by atoms with Crippen molar-refractivity contribution >= 4 is 29.1 Å². The van der Waals surface area contributed by atoms with Crippen LogP contribution < -0.4 is 5.32 Å². The van der Waals surface area contributed by atoms with Crippen molar-refractivity contribution in [2.45, 2.75) is 49.2 Å². The van der Waals surface area contributed by atoms with Crippen LogP contribution >= 0.6 is 11.8 Å². The summed E-state index contributed by atoms with van der Waals surface area (Å²) in [6, 6.07) is 7.69. The Morgan fingerprint density at radius 2 is 1.95 bits per heavy atom. The fourth-order valence-electron chi connectivity index (χ4n) is 2.24. The summed E-state index contributed by atoms with van der Waals surface area (Å²) in [6.45, 7) is 1.49. The first-order valence-corrected chi connectivity index (χ1v) is 7.60. The molecule has 0 bridgehead atoms. The molecule has 1 atom stereocenters. The van der Waals surface area contributed by atoms with Crippen molar-refractivity contribution in [3.63, 3.8) is 0 Å². The molecule has 1 fully saturated rings. The van der Waals surface area contributed by atoms with Gasteiger partial charge in [0.05, 0.1) is 5.25 Å². The van der Waals surface area contributed by atoms with Gasteiger partial charge in [0.2, 0.25) is 5.91 Å². The largest absolute Gasteiger partial charge is 0.326 e. The van der Waals surface area contributed by atoms with Gasteiger partial charge in [-0.05, 0) is 37.1 Å². The Kier molecular flexibility index (Phi) is 5.02. The van der Waals surface area contributed by atoms with Crippen LogP contribution in [0.2, 0.25) is 0 Å². The number of hydrogen-bond acceptors (Lipinski definition) is 3. The van der Waals surface area contributed by atoms with Gasteiger partial charge in [-0.1, -0.05) is 12.8 Å². The number of thioether (sulfide) groups is 1. The van der Waals surface area contributed by atoms with E-state index in [4.69, 9.17) is 0 Å². The molecule has 1 saturated carbocycles. The molecule has 102 valence electrons. The molecule has 1 aromatic rings. The zero-order chi connectivity index (χ0) is 13.7. The predicted octanol–water partition coefficient (Wildman–Crippen LogP) is 3.64. The van der Waals surface area contributed by atoms with E-state index < -0.39 is 0 Å². The second kappa shape index (κ2) is 6.75. The highest BCUT2D eigenvalue weighted by Gasteiger charge is 2.21. The molecule has 0 radical (unpaired) electrons. The van der Waals surface area contributed by atoms with E-state index in [0.29, 0.717) is 5.78 Å². The molecule has 0 aromatic heterocycles. The number of carbonyl (C=O) groups excluding carboxylic acids is 2. The van der Waals surface area contributed by atoms with Crippen LogP contribution in [0.1, 0.15) is 39.0 Å². The molecule has 1 amide bonds. The third-order valence-electron chi connectivity index (χ3n) is 3.20. The lowest BCUT2D eigenvalue weighted by molar-refractivity contribution is -0.118. The van der Waals surface area contributed by atoms with Crippen LogP contribution in [0.5, 0.6) is 0 Å². The maximum atomic E-state index is 12.0. The lowest BCUT2D eigenvalue weighted by Gasteiger charge is -2.12. The van der Waals surface area contributed by atoms with Crippen molar-refractivity contribution in [2.75, 3.05) is 5.32 Å². The fourth-order valence-corrected chi connectivity index (χ4v) is 3.39. The normalized spacial score (nSPS) is 19.8. The smallest absolute Gasteiger partial charge is 0.221 e. The maximum Gasteiger partial charge on any atom is 0.221 e. The van der Waals surface area contributed by atoms with Crippen LogP contribution in [0.3, 0.4) is 0 Å². The van der Waals surface area contributed by atoms with E-state index in [9.17, 15) is 9.59 Å². The number of nitrogens with one attached hydrogen (secondary N) is 1. The van der Waals surface area contributed by atoms with Crippen LogP contribution in [-0.2, 0) is 9.59 Å². The third kappa shape index (κ3) is 4.39. The lowest BCUT2D eigenvalue weighted by atomic mass is 10.2. The number of hydrogen-bond donors (Lipinski definition) is 1. The topological polar surface area (TPSA) is 46.2 Å². The van der Waals surface area contributed by atoms with Gasteiger partial charge >= 0.3 is 0 Å². The Morgan fingerprint density at radius 1 is 1.21 bits per heavy atom. The molecule has 0 unspecified atom stereocenters. The standard InChI is InChI=1S/C15H19NO2S/c1-11(17)16-12-7-9-13(10-8-12)19-15-6-4-2-3-5-14(15)18/h7-10,15H,2-6H2,1H3,(H,16,17)/t15-/m1/s1. The Morgan fingerprint density at radius 3 is 2.63 bits per heavy atom. The van der Waals surface area contributed by atoms with Gasteiger partial charge in [0, 0.05) is 23.9 Å². The number of carbonyl (C=O) groups is 2. The Balaban J connectivity index is 1.98. The van der Waals surface area contributed by atoms with Gasteiger partial charge < -0.3 is 5.32 Å². The van der Waals surface area contributed by atoms with Gasteiger partial charge in [-0.3, -0.25) is 9.59 Å². The minimum Gasteiger partial charge on any atom is -0.326 e. The van der Waals surface area contributed by atoms with Crippen molar-refractivity contribution in [1.82, 2.24) is 0 Å². The maximum absolute atomic E-state index is 12.0. The summed E-state index contributed by atoms with van der Waals surface area (Å²) in [4.78, 5) is 24.0. The molecule has 1 N–H and O–H groups in total. The zero-order valence-corrected chi connectivity index (χ0v) is 12.0. The highest BCUT2D eigenvalue weighted by Crippen LogP contribution is 2.31. The monoisotopic (exact) mass is 277 g/mol.